The summed E-state index contributed by atoms with van der Waals surface area (Å²) in [5.74, 6) is -3.63. The molecule has 0 rings (SSSR count). The van der Waals surface area contributed by atoms with E-state index in [9.17, 15) is 19.8 Å². The molecule has 0 aromatic carbocycles. The Morgan fingerprint density at radius 1 is 1.29 bits per heavy atom. The van der Waals surface area contributed by atoms with Gasteiger partial charge in [-0.1, -0.05) is 20.3 Å². The topological polar surface area (TPSA) is 80.3 Å². The van der Waals surface area contributed by atoms with Crippen molar-refractivity contribution in [3.05, 3.63) is 0 Å². The number of carboxylic acids is 2. The van der Waals surface area contributed by atoms with E-state index >= 15 is 0 Å². The molecule has 0 aliphatic heterocycles. The van der Waals surface area contributed by atoms with Crippen molar-refractivity contribution in [1.82, 2.24) is 0 Å². The molecule has 1 atom stereocenters. The van der Waals surface area contributed by atoms with Crippen molar-refractivity contribution in [1.29, 1.82) is 0 Å². The third-order valence-corrected chi connectivity index (χ3v) is 2.56. The van der Waals surface area contributed by atoms with Gasteiger partial charge in [0.25, 0.3) is 0 Å². The summed E-state index contributed by atoms with van der Waals surface area (Å²) in [6.45, 7) is 4.58. The van der Waals surface area contributed by atoms with Crippen molar-refractivity contribution in [3.63, 3.8) is 0 Å². The number of aliphatic carboxylic acids is 2. The molecule has 0 aliphatic carbocycles. The van der Waals surface area contributed by atoms with Crippen LogP contribution < -0.4 is 10.2 Å². The summed E-state index contributed by atoms with van der Waals surface area (Å²) in [4.78, 5) is 21.3. The van der Waals surface area contributed by atoms with Crippen LogP contribution in [0.25, 0.3) is 0 Å². The zero-order valence-corrected chi connectivity index (χ0v) is 10.2. The van der Waals surface area contributed by atoms with Crippen molar-refractivity contribution in [2.24, 2.45) is 11.3 Å². The van der Waals surface area contributed by atoms with E-state index in [1.807, 2.05) is 6.92 Å². The summed E-state index contributed by atoms with van der Waals surface area (Å²) in [5.41, 5.74) is -1.88. The minimum absolute atomic E-state index is 0. The average Bonchev–Trinajstić information content (AvgIpc) is 2.02. The molecule has 0 aromatic rings. The first-order chi connectivity index (χ1) is 5.87. The summed E-state index contributed by atoms with van der Waals surface area (Å²) in [7, 11) is 0. The van der Waals surface area contributed by atoms with Gasteiger partial charge in [-0.3, -0.25) is 0 Å². The molecular formula is C9H14MgO4. The van der Waals surface area contributed by atoms with Crippen LogP contribution in [0.15, 0.2) is 0 Å². The van der Waals surface area contributed by atoms with Gasteiger partial charge in [-0.05, 0) is 19.3 Å². The van der Waals surface area contributed by atoms with Crippen molar-refractivity contribution in [3.8, 4) is 0 Å². The fourth-order valence-corrected chi connectivity index (χ4v) is 1.21. The second kappa shape index (κ2) is 6.24. The number of hydrogen-bond donors (Lipinski definition) is 0. The van der Waals surface area contributed by atoms with Gasteiger partial charge >= 0.3 is 23.1 Å². The van der Waals surface area contributed by atoms with Crippen LogP contribution in [0.3, 0.4) is 0 Å². The molecule has 4 nitrogen and oxygen atoms in total. The summed E-state index contributed by atoms with van der Waals surface area (Å²) in [6.07, 6.45) is 1.26. The summed E-state index contributed by atoms with van der Waals surface area (Å²) >= 11 is 0. The van der Waals surface area contributed by atoms with Crippen molar-refractivity contribution >= 4 is 35.0 Å². The summed E-state index contributed by atoms with van der Waals surface area (Å²) < 4.78 is 0. The summed E-state index contributed by atoms with van der Waals surface area (Å²) in [6, 6.07) is 0. The van der Waals surface area contributed by atoms with Crippen LogP contribution in [0.5, 0.6) is 0 Å². The first kappa shape index (κ1) is 16.1. The van der Waals surface area contributed by atoms with Gasteiger partial charge in [-0.2, -0.15) is 0 Å². The largest absolute Gasteiger partial charge is 2.00 e. The minimum atomic E-state index is -1.88. The molecule has 0 spiro atoms. The normalized spacial score (nSPS) is 12.8. The molecule has 0 heterocycles. The SMILES string of the molecule is CCCC(C)C(C)(C(=O)[O-])C(=O)[O-].[Mg+2]. The van der Waals surface area contributed by atoms with E-state index in [4.69, 9.17) is 0 Å². The molecule has 0 aliphatic rings. The van der Waals surface area contributed by atoms with Gasteiger partial charge in [0.05, 0.1) is 11.9 Å². The van der Waals surface area contributed by atoms with Crippen molar-refractivity contribution in [2.75, 3.05) is 0 Å². The minimum Gasteiger partial charge on any atom is -0.549 e. The van der Waals surface area contributed by atoms with Crippen LogP contribution >= 0.6 is 0 Å². The number of rotatable bonds is 5. The van der Waals surface area contributed by atoms with Gasteiger partial charge in [0.2, 0.25) is 0 Å². The molecule has 0 saturated carbocycles. The second-order valence-electron chi connectivity index (χ2n) is 3.47. The number of hydrogen-bond acceptors (Lipinski definition) is 4. The maximum Gasteiger partial charge on any atom is 2.00 e. The molecule has 0 bridgehead atoms. The van der Waals surface area contributed by atoms with Crippen LogP contribution in [-0.4, -0.2) is 35.0 Å². The zero-order chi connectivity index (χ0) is 10.6. The van der Waals surface area contributed by atoms with E-state index in [0.29, 0.717) is 6.42 Å². The average molecular weight is 211 g/mol. The van der Waals surface area contributed by atoms with Crippen LogP contribution in [0.2, 0.25) is 0 Å². The fourth-order valence-electron chi connectivity index (χ4n) is 1.21. The molecule has 76 valence electrons. The Hall–Kier alpha value is -0.294. The van der Waals surface area contributed by atoms with E-state index in [1.165, 1.54) is 0 Å². The molecule has 0 saturated heterocycles. The van der Waals surface area contributed by atoms with Crippen LogP contribution in [-0.2, 0) is 9.59 Å². The quantitative estimate of drug-likeness (QED) is 0.411. The first-order valence-electron chi connectivity index (χ1n) is 4.30. The Balaban J connectivity index is 0. The molecule has 0 fully saturated rings. The van der Waals surface area contributed by atoms with Crippen molar-refractivity contribution < 1.29 is 19.8 Å². The van der Waals surface area contributed by atoms with Crippen LogP contribution in [0.4, 0.5) is 0 Å². The van der Waals surface area contributed by atoms with Crippen LogP contribution in [0.1, 0.15) is 33.6 Å². The number of carbonyl (C=O) groups excluding carboxylic acids is 2. The van der Waals surface area contributed by atoms with E-state index < -0.39 is 23.3 Å². The van der Waals surface area contributed by atoms with Gasteiger partial charge in [0, 0.05) is 5.41 Å². The zero-order valence-electron chi connectivity index (χ0n) is 8.83. The van der Waals surface area contributed by atoms with E-state index in [-0.39, 0.29) is 23.1 Å². The standard InChI is InChI=1S/C9H16O4.Mg/c1-4-5-6(2)9(3,7(10)11)8(12)13;/h6H,4-5H2,1-3H3,(H,10,11)(H,12,13);/q;+2/p-2. The number of carboxylic acid groups (broad SMARTS) is 2. The molecule has 0 N–H and O–H groups in total. The monoisotopic (exact) mass is 210 g/mol. The van der Waals surface area contributed by atoms with Gasteiger partial charge in [-0.25, -0.2) is 0 Å². The van der Waals surface area contributed by atoms with E-state index in [2.05, 4.69) is 0 Å². The smallest absolute Gasteiger partial charge is 0.549 e. The number of carbonyl (C=O) groups is 2. The second-order valence-corrected chi connectivity index (χ2v) is 3.47. The Labute approximate surface area is 99.8 Å². The van der Waals surface area contributed by atoms with Crippen LogP contribution in [0, 0.1) is 11.3 Å². The maximum atomic E-state index is 10.6. The Kier molecular flexibility index (Phi) is 7.20. The molecule has 0 radical (unpaired) electrons. The summed E-state index contributed by atoms with van der Waals surface area (Å²) in [5, 5.41) is 21.3. The Morgan fingerprint density at radius 3 is 1.86 bits per heavy atom. The third kappa shape index (κ3) is 3.13. The van der Waals surface area contributed by atoms with Crippen molar-refractivity contribution in [2.45, 2.75) is 33.6 Å². The van der Waals surface area contributed by atoms with Gasteiger partial charge < -0.3 is 19.8 Å². The molecule has 1 unspecified atom stereocenters. The van der Waals surface area contributed by atoms with Gasteiger partial charge in [-0.15, -0.1) is 0 Å². The predicted molar refractivity (Wildman–Crippen MR) is 47.9 cm³/mol. The predicted octanol–water partition coefficient (Wildman–Crippen LogP) is -1.45. The molecule has 14 heavy (non-hydrogen) atoms. The maximum absolute atomic E-state index is 10.6. The molecular weight excluding hydrogens is 196 g/mol. The molecule has 0 aromatic heterocycles. The fraction of sp³-hybridized carbons (Fsp3) is 0.778. The molecule has 5 heteroatoms. The molecule has 0 amide bonds. The van der Waals surface area contributed by atoms with E-state index in [0.717, 1.165) is 13.3 Å². The van der Waals surface area contributed by atoms with E-state index in [1.54, 1.807) is 6.92 Å². The Morgan fingerprint density at radius 2 is 1.64 bits per heavy atom. The first-order valence-corrected chi connectivity index (χ1v) is 4.30. The van der Waals surface area contributed by atoms with Gasteiger partial charge in [0.1, 0.15) is 0 Å². The van der Waals surface area contributed by atoms with Gasteiger partial charge in [0.15, 0.2) is 0 Å². The third-order valence-electron chi connectivity index (χ3n) is 2.56. The Bertz CT molecular complexity index is 201.